The van der Waals surface area contributed by atoms with Crippen LogP contribution in [0.15, 0.2) is 0 Å². The Morgan fingerprint density at radius 3 is 2.08 bits per heavy atom. The van der Waals surface area contributed by atoms with Gasteiger partial charge in [0.05, 0.1) is 6.61 Å². The average molecular weight is 173 g/mol. The highest BCUT2D eigenvalue weighted by molar-refractivity contribution is 5.47. The van der Waals surface area contributed by atoms with E-state index in [0.29, 0.717) is 13.1 Å². The summed E-state index contributed by atoms with van der Waals surface area (Å²) >= 11 is 0. The van der Waals surface area contributed by atoms with Gasteiger partial charge in [0.15, 0.2) is 0 Å². The summed E-state index contributed by atoms with van der Waals surface area (Å²) in [4.78, 5) is 20.9. The van der Waals surface area contributed by atoms with Gasteiger partial charge in [0, 0.05) is 13.1 Å². The van der Waals surface area contributed by atoms with Crippen LogP contribution < -0.4 is 0 Å². The molecule has 1 amide bonds. The zero-order valence-corrected chi connectivity index (χ0v) is 7.36. The molecule has 4 nitrogen and oxygen atoms in total. The number of ether oxygens (including phenoxy) is 1. The van der Waals surface area contributed by atoms with E-state index in [1.165, 1.54) is 12.8 Å². The van der Waals surface area contributed by atoms with Crippen LogP contribution in [0.5, 0.6) is 0 Å². The minimum Gasteiger partial charge on any atom is -0.468 e. The van der Waals surface area contributed by atoms with Crippen LogP contribution in [0.25, 0.3) is 0 Å². The van der Waals surface area contributed by atoms with Gasteiger partial charge in [-0.2, -0.15) is 0 Å². The molecule has 0 aromatic carbocycles. The molecule has 0 spiro atoms. The van der Waals surface area contributed by atoms with E-state index in [-0.39, 0.29) is 0 Å². The van der Waals surface area contributed by atoms with E-state index >= 15 is 0 Å². The van der Waals surface area contributed by atoms with Gasteiger partial charge in [0.2, 0.25) is 6.41 Å². The molecular formula is C8H15NO3. The molecule has 1 aliphatic heterocycles. The van der Waals surface area contributed by atoms with Crippen molar-refractivity contribution in [1.82, 2.24) is 4.90 Å². The van der Waals surface area contributed by atoms with Crippen molar-refractivity contribution in [2.24, 2.45) is 0 Å². The predicted molar refractivity (Wildman–Crippen MR) is 44.6 cm³/mol. The third-order valence-corrected chi connectivity index (χ3v) is 1.52. The second kappa shape index (κ2) is 8.04. The summed E-state index contributed by atoms with van der Waals surface area (Å²) in [7, 11) is 0. The zero-order chi connectivity index (χ0) is 9.23. The Bertz CT molecular complexity index is 121. The van der Waals surface area contributed by atoms with Gasteiger partial charge in [0.1, 0.15) is 0 Å². The summed E-state index contributed by atoms with van der Waals surface area (Å²) in [5.74, 6) is 0. The molecule has 0 radical (unpaired) electrons. The van der Waals surface area contributed by atoms with E-state index in [0.717, 1.165) is 19.5 Å². The second-order valence-corrected chi connectivity index (χ2v) is 2.40. The van der Waals surface area contributed by atoms with Crippen molar-refractivity contribution in [1.29, 1.82) is 0 Å². The quantitative estimate of drug-likeness (QED) is 0.581. The molecule has 4 heteroatoms. The highest BCUT2D eigenvalue weighted by atomic mass is 16.5. The monoisotopic (exact) mass is 173 g/mol. The number of amides is 1. The highest BCUT2D eigenvalue weighted by Gasteiger charge is 2.06. The molecule has 0 atom stereocenters. The molecule has 0 bridgehead atoms. The standard InChI is InChI=1S/C5H9NO.C3H6O2/c7-5-6-3-1-2-4-6;1-2-5-3-4/h5H,1-4H2;3H,2H2,1H3. The second-order valence-electron chi connectivity index (χ2n) is 2.40. The van der Waals surface area contributed by atoms with Gasteiger partial charge in [-0.3, -0.25) is 9.59 Å². The van der Waals surface area contributed by atoms with Gasteiger partial charge >= 0.3 is 0 Å². The number of rotatable bonds is 3. The SMILES string of the molecule is CCOC=O.O=CN1CCCC1. The van der Waals surface area contributed by atoms with E-state index < -0.39 is 0 Å². The number of nitrogens with zero attached hydrogens (tertiary/aromatic N) is 1. The van der Waals surface area contributed by atoms with Gasteiger partial charge in [-0.25, -0.2) is 0 Å². The molecule has 1 aliphatic rings. The Balaban J connectivity index is 0.000000217. The molecule has 1 fully saturated rings. The first-order valence-electron chi connectivity index (χ1n) is 4.09. The molecule has 0 aromatic rings. The Labute approximate surface area is 72.5 Å². The fourth-order valence-electron chi connectivity index (χ4n) is 0.915. The predicted octanol–water partition coefficient (Wildman–Crippen LogP) is 0.418. The third-order valence-electron chi connectivity index (χ3n) is 1.52. The molecule has 0 N–H and O–H groups in total. The van der Waals surface area contributed by atoms with E-state index in [1.807, 2.05) is 0 Å². The van der Waals surface area contributed by atoms with Gasteiger partial charge in [-0.05, 0) is 19.8 Å². The van der Waals surface area contributed by atoms with Crippen LogP contribution in [-0.4, -0.2) is 37.5 Å². The molecule has 0 aromatic heterocycles. The Morgan fingerprint density at radius 1 is 1.33 bits per heavy atom. The van der Waals surface area contributed by atoms with Crippen molar-refractivity contribution < 1.29 is 14.3 Å². The van der Waals surface area contributed by atoms with Crippen LogP contribution in [-0.2, 0) is 14.3 Å². The van der Waals surface area contributed by atoms with Crippen LogP contribution in [0.4, 0.5) is 0 Å². The average Bonchev–Trinajstić information content (AvgIpc) is 2.58. The van der Waals surface area contributed by atoms with Gasteiger partial charge < -0.3 is 9.64 Å². The molecular weight excluding hydrogens is 158 g/mol. The first-order valence-corrected chi connectivity index (χ1v) is 4.09. The van der Waals surface area contributed by atoms with Gasteiger partial charge in [-0.1, -0.05) is 0 Å². The molecule has 1 rings (SSSR count). The van der Waals surface area contributed by atoms with Crippen LogP contribution in [0, 0.1) is 0 Å². The largest absolute Gasteiger partial charge is 0.468 e. The maximum Gasteiger partial charge on any atom is 0.293 e. The van der Waals surface area contributed by atoms with Gasteiger partial charge in [-0.15, -0.1) is 0 Å². The van der Waals surface area contributed by atoms with Crippen molar-refractivity contribution in [3.63, 3.8) is 0 Å². The normalized spacial score (nSPS) is 14.6. The molecule has 12 heavy (non-hydrogen) atoms. The third kappa shape index (κ3) is 5.70. The molecule has 1 heterocycles. The maximum atomic E-state index is 9.93. The lowest BCUT2D eigenvalue weighted by Gasteiger charge is -2.03. The summed E-state index contributed by atoms with van der Waals surface area (Å²) in [5, 5.41) is 0. The lowest BCUT2D eigenvalue weighted by molar-refractivity contribution is -0.128. The Hall–Kier alpha value is -1.06. The Morgan fingerprint density at radius 2 is 1.92 bits per heavy atom. The van der Waals surface area contributed by atoms with Crippen molar-refractivity contribution in [3.8, 4) is 0 Å². The van der Waals surface area contributed by atoms with Crippen LogP contribution in [0.2, 0.25) is 0 Å². The fourth-order valence-corrected chi connectivity index (χ4v) is 0.915. The fraction of sp³-hybridized carbons (Fsp3) is 0.750. The van der Waals surface area contributed by atoms with Crippen LogP contribution >= 0.6 is 0 Å². The van der Waals surface area contributed by atoms with Crippen molar-refractivity contribution >= 4 is 12.9 Å². The summed E-state index contributed by atoms with van der Waals surface area (Å²) < 4.78 is 4.15. The topological polar surface area (TPSA) is 46.6 Å². The maximum absolute atomic E-state index is 9.93. The zero-order valence-electron chi connectivity index (χ0n) is 7.36. The number of likely N-dealkylation sites (tertiary alicyclic amines) is 1. The van der Waals surface area contributed by atoms with E-state index in [9.17, 15) is 9.59 Å². The molecule has 0 aliphatic carbocycles. The first kappa shape index (κ1) is 10.9. The van der Waals surface area contributed by atoms with Crippen molar-refractivity contribution in [3.05, 3.63) is 0 Å². The summed E-state index contributed by atoms with van der Waals surface area (Å²) in [6, 6.07) is 0. The molecule has 0 saturated carbocycles. The molecule has 0 unspecified atom stereocenters. The van der Waals surface area contributed by atoms with E-state index in [4.69, 9.17) is 0 Å². The summed E-state index contributed by atoms with van der Waals surface area (Å²) in [6.45, 7) is 4.62. The summed E-state index contributed by atoms with van der Waals surface area (Å²) in [5.41, 5.74) is 0. The van der Waals surface area contributed by atoms with Crippen molar-refractivity contribution in [2.75, 3.05) is 19.7 Å². The first-order chi connectivity index (χ1) is 5.85. The van der Waals surface area contributed by atoms with E-state index in [2.05, 4.69) is 4.74 Å². The Kier molecular flexibility index (Phi) is 7.33. The summed E-state index contributed by atoms with van der Waals surface area (Å²) in [6.07, 6.45) is 3.31. The number of hydrogen-bond donors (Lipinski definition) is 0. The van der Waals surface area contributed by atoms with Crippen LogP contribution in [0.1, 0.15) is 19.8 Å². The number of hydrogen-bond acceptors (Lipinski definition) is 3. The van der Waals surface area contributed by atoms with Crippen LogP contribution in [0.3, 0.4) is 0 Å². The molecule has 1 saturated heterocycles. The smallest absolute Gasteiger partial charge is 0.293 e. The van der Waals surface area contributed by atoms with Crippen molar-refractivity contribution in [2.45, 2.75) is 19.8 Å². The highest BCUT2D eigenvalue weighted by Crippen LogP contribution is 2.02. The molecule has 70 valence electrons. The minimum absolute atomic E-state index is 0.431. The lowest BCUT2D eigenvalue weighted by Crippen LogP contribution is -2.15. The minimum atomic E-state index is 0.431. The van der Waals surface area contributed by atoms with Gasteiger partial charge in [0.25, 0.3) is 6.47 Å². The lowest BCUT2D eigenvalue weighted by atomic mass is 10.4. The number of carbonyl (C=O) groups is 2. The van der Waals surface area contributed by atoms with E-state index in [1.54, 1.807) is 11.8 Å². The number of carbonyl (C=O) groups excluding carboxylic acids is 2.